The first-order chi connectivity index (χ1) is 11.6. The molecule has 0 bridgehead atoms. The Balaban J connectivity index is 2.02. The van der Waals surface area contributed by atoms with Gasteiger partial charge < -0.3 is 9.68 Å². The van der Waals surface area contributed by atoms with Gasteiger partial charge in [0.2, 0.25) is 0 Å². The molecule has 0 aromatic carbocycles. The van der Waals surface area contributed by atoms with Crippen molar-refractivity contribution in [3.05, 3.63) is 29.6 Å². The SMILES string of the molecule is CC(=O)/C(C)=N\OCCCCCCO/N=C\c1cccc(C=O)n1. The molecule has 0 radical (unpaired) electrons. The molecule has 0 N–H and O–H groups in total. The second kappa shape index (κ2) is 11.9. The van der Waals surface area contributed by atoms with Crippen molar-refractivity contribution >= 4 is 24.0 Å². The zero-order chi connectivity index (χ0) is 17.6. The molecule has 0 amide bonds. The van der Waals surface area contributed by atoms with Crippen LogP contribution in [0.5, 0.6) is 0 Å². The highest BCUT2D eigenvalue weighted by Crippen LogP contribution is 2.01. The van der Waals surface area contributed by atoms with E-state index >= 15 is 0 Å². The quantitative estimate of drug-likeness (QED) is 0.254. The molecule has 1 rings (SSSR count). The summed E-state index contributed by atoms with van der Waals surface area (Å²) >= 11 is 0. The fourth-order valence-corrected chi connectivity index (χ4v) is 1.64. The predicted octanol–water partition coefficient (Wildman–Crippen LogP) is 2.79. The molecule has 0 fully saturated rings. The van der Waals surface area contributed by atoms with E-state index in [-0.39, 0.29) is 5.78 Å². The topological polar surface area (TPSA) is 90.2 Å². The largest absolute Gasteiger partial charge is 0.396 e. The molecular weight excluding hydrogens is 310 g/mol. The van der Waals surface area contributed by atoms with E-state index in [9.17, 15) is 9.59 Å². The van der Waals surface area contributed by atoms with E-state index in [1.807, 2.05) is 0 Å². The molecule has 0 saturated carbocycles. The van der Waals surface area contributed by atoms with E-state index < -0.39 is 0 Å². The van der Waals surface area contributed by atoms with Crippen molar-refractivity contribution in [1.82, 2.24) is 4.98 Å². The van der Waals surface area contributed by atoms with Gasteiger partial charge in [-0.1, -0.05) is 16.4 Å². The van der Waals surface area contributed by atoms with E-state index in [1.54, 1.807) is 25.1 Å². The number of ketones is 1. The third-order valence-electron chi connectivity index (χ3n) is 3.10. The Labute approximate surface area is 141 Å². The van der Waals surface area contributed by atoms with Crippen molar-refractivity contribution < 1.29 is 19.3 Å². The van der Waals surface area contributed by atoms with Gasteiger partial charge >= 0.3 is 0 Å². The highest BCUT2D eigenvalue weighted by atomic mass is 16.6. The molecule has 0 aliphatic carbocycles. The number of rotatable bonds is 12. The fraction of sp³-hybridized carbons (Fsp3) is 0.471. The number of hydrogen-bond donors (Lipinski definition) is 0. The summed E-state index contributed by atoms with van der Waals surface area (Å²) in [6, 6.07) is 5.11. The lowest BCUT2D eigenvalue weighted by atomic mass is 10.2. The second-order valence-corrected chi connectivity index (χ2v) is 5.15. The first kappa shape index (κ1) is 19.5. The molecule has 7 heteroatoms. The number of unbranched alkanes of at least 4 members (excludes halogenated alkanes) is 3. The maximum atomic E-state index is 10.9. The average molecular weight is 333 g/mol. The van der Waals surface area contributed by atoms with Crippen LogP contribution in [-0.2, 0) is 14.5 Å². The van der Waals surface area contributed by atoms with E-state index in [2.05, 4.69) is 15.3 Å². The van der Waals surface area contributed by atoms with Crippen LogP contribution in [-0.4, -0.2) is 42.2 Å². The molecule has 130 valence electrons. The summed E-state index contributed by atoms with van der Waals surface area (Å²) in [4.78, 5) is 35.7. The molecule has 7 nitrogen and oxygen atoms in total. The smallest absolute Gasteiger partial charge is 0.177 e. The van der Waals surface area contributed by atoms with Crippen molar-refractivity contribution in [2.24, 2.45) is 10.3 Å². The Morgan fingerprint density at radius 3 is 2.42 bits per heavy atom. The number of oxime groups is 2. The lowest BCUT2D eigenvalue weighted by Gasteiger charge is -2.01. The average Bonchev–Trinajstić information content (AvgIpc) is 2.59. The highest BCUT2D eigenvalue weighted by molar-refractivity contribution is 6.37. The lowest BCUT2D eigenvalue weighted by molar-refractivity contribution is -0.111. The van der Waals surface area contributed by atoms with Crippen LogP contribution >= 0.6 is 0 Å². The number of Topliss-reactive ketones (excluding diaryl/α,β-unsaturated/α-hetero) is 1. The summed E-state index contributed by atoms with van der Waals surface area (Å²) in [5, 5.41) is 7.54. The third kappa shape index (κ3) is 8.77. The van der Waals surface area contributed by atoms with Crippen molar-refractivity contribution in [3.8, 4) is 0 Å². The van der Waals surface area contributed by atoms with Gasteiger partial charge in [0.05, 0.1) is 11.9 Å². The van der Waals surface area contributed by atoms with Gasteiger partial charge in [0.15, 0.2) is 12.1 Å². The van der Waals surface area contributed by atoms with E-state index in [0.29, 0.717) is 36.6 Å². The molecule has 0 aliphatic heterocycles. The molecule has 1 aromatic rings. The van der Waals surface area contributed by atoms with Crippen LogP contribution in [0.4, 0.5) is 0 Å². The maximum Gasteiger partial charge on any atom is 0.177 e. The summed E-state index contributed by atoms with van der Waals surface area (Å²) in [7, 11) is 0. The van der Waals surface area contributed by atoms with Crippen LogP contribution in [0.25, 0.3) is 0 Å². The van der Waals surface area contributed by atoms with Crippen molar-refractivity contribution in [2.75, 3.05) is 13.2 Å². The molecular formula is C17H23N3O4. The third-order valence-corrected chi connectivity index (χ3v) is 3.10. The van der Waals surface area contributed by atoms with E-state index in [0.717, 1.165) is 25.7 Å². The minimum atomic E-state index is -0.0826. The molecule has 1 aromatic heterocycles. The monoisotopic (exact) mass is 333 g/mol. The van der Waals surface area contributed by atoms with Gasteiger partial charge in [-0.3, -0.25) is 9.59 Å². The summed E-state index contributed by atoms with van der Waals surface area (Å²) < 4.78 is 0. The first-order valence-corrected chi connectivity index (χ1v) is 7.88. The molecule has 1 heterocycles. The molecule has 0 aliphatic rings. The van der Waals surface area contributed by atoms with Crippen molar-refractivity contribution in [3.63, 3.8) is 0 Å². The molecule has 0 saturated heterocycles. The zero-order valence-electron chi connectivity index (χ0n) is 14.1. The molecule has 24 heavy (non-hydrogen) atoms. The zero-order valence-corrected chi connectivity index (χ0v) is 14.1. The first-order valence-electron chi connectivity index (χ1n) is 7.88. The standard InChI is InChI=1S/C17H23N3O4/c1-14(15(2)22)20-24-11-6-4-3-5-10-23-18-12-16-8-7-9-17(13-21)19-16/h7-9,12-13H,3-6,10-11H2,1-2H3/b18-12-,20-14-. The van der Waals surface area contributed by atoms with Gasteiger partial charge in [-0.05, 0) is 44.7 Å². The number of aromatic nitrogens is 1. The normalized spacial score (nSPS) is 11.5. The van der Waals surface area contributed by atoms with Crippen LogP contribution < -0.4 is 0 Å². The summed E-state index contributed by atoms with van der Waals surface area (Å²) in [5.41, 5.74) is 1.33. The Morgan fingerprint density at radius 2 is 1.75 bits per heavy atom. The van der Waals surface area contributed by atoms with Crippen molar-refractivity contribution in [1.29, 1.82) is 0 Å². The summed E-state index contributed by atoms with van der Waals surface area (Å²) in [5.74, 6) is -0.0826. The van der Waals surface area contributed by atoms with E-state index in [1.165, 1.54) is 13.1 Å². The summed E-state index contributed by atoms with van der Waals surface area (Å²) in [6.07, 6.45) is 5.91. The van der Waals surface area contributed by atoms with Crippen molar-refractivity contribution in [2.45, 2.75) is 39.5 Å². The predicted molar refractivity (Wildman–Crippen MR) is 91.4 cm³/mol. The number of carbonyl (C=O) groups excluding carboxylic acids is 2. The minimum absolute atomic E-state index is 0.0826. The van der Waals surface area contributed by atoms with Crippen LogP contribution in [0.1, 0.15) is 55.7 Å². The summed E-state index contributed by atoms with van der Waals surface area (Å²) in [6.45, 7) is 4.11. The van der Waals surface area contributed by atoms with Gasteiger partial charge in [0.1, 0.15) is 24.6 Å². The number of hydrogen-bond acceptors (Lipinski definition) is 7. The number of pyridine rings is 1. The molecule has 0 atom stereocenters. The van der Waals surface area contributed by atoms with Gasteiger partial charge in [0.25, 0.3) is 0 Å². The molecule has 0 spiro atoms. The van der Waals surface area contributed by atoms with Gasteiger partial charge in [-0.15, -0.1) is 0 Å². The molecule has 0 unspecified atom stereocenters. The maximum absolute atomic E-state index is 10.9. The van der Waals surface area contributed by atoms with Gasteiger partial charge in [-0.25, -0.2) is 4.98 Å². The van der Waals surface area contributed by atoms with E-state index in [4.69, 9.17) is 9.68 Å². The van der Waals surface area contributed by atoms with Gasteiger partial charge in [0, 0.05) is 6.92 Å². The number of nitrogens with zero attached hydrogens (tertiary/aromatic N) is 3. The Morgan fingerprint density at radius 1 is 1.08 bits per heavy atom. The van der Waals surface area contributed by atoms with Gasteiger partial charge in [-0.2, -0.15) is 0 Å². The van der Waals surface area contributed by atoms with Crippen LogP contribution in [0.3, 0.4) is 0 Å². The Bertz CT molecular complexity index is 585. The second-order valence-electron chi connectivity index (χ2n) is 5.15. The lowest BCUT2D eigenvalue weighted by Crippen LogP contribution is -2.05. The van der Waals surface area contributed by atoms with Crippen LogP contribution in [0, 0.1) is 0 Å². The Kier molecular flexibility index (Phi) is 9.68. The number of carbonyl (C=O) groups is 2. The highest BCUT2D eigenvalue weighted by Gasteiger charge is 1.98. The van der Waals surface area contributed by atoms with Crippen LogP contribution in [0.2, 0.25) is 0 Å². The fourth-order valence-electron chi connectivity index (χ4n) is 1.64. The minimum Gasteiger partial charge on any atom is -0.396 e. The number of aldehydes is 1. The van der Waals surface area contributed by atoms with Crippen LogP contribution in [0.15, 0.2) is 28.5 Å². The Hall–Kier alpha value is -2.57.